The lowest BCUT2D eigenvalue weighted by Crippen LogP contribution is -2.04. The van der Waals surface area contributed by atoms with Gasteiger partial charge in [0.15, 0.2) is 11.5 Å². The molecule has 6 nitrogen and oxygen atoms in total. The highest BCUT2D eigenvalue weighted by atomic mass is 19.1. The highest BCUT2D eigenvalue weighted by molar-refractivity contribution is 5.89. The molecule has 0 atom stereocenters. The molecule has 0 radical (unpaired) electrons. The van der Waals surface area contributed by atoms with Crippen LogP contribution in [0.25, 0.3) is 22.6 Å². The van der Waals surface area contributed by atoms with Crippen LogP contribution in [0.4, 0.5) is 8.78 Å². The van der Waals surface area contributed by atoms with Gasteiger partial charge in [0.25, 0.3) is 0 Å². The molecule has 1 aromatic carbocycles. The van der Waals surface area contributed by atoms with Crippen LogP contribution in [-0.2, 0) is 6.54 Å². The lowest BCUT2D eigenvalue weighted by atomic mass is 10.2. The average Bonchev–Trinajstić information content (AvgIpc) is 3.14. The first-order valence-electron chi connectivity index (χ1n) is 6.85. The molecule has 23 heavy (non-hydrogen) atoms. The first kappa shape index (κ1) is 13.5. The maximum absolute atomic E-state index is 13.9. The summed E-state index contributed by atoms with van der Waals surface area (Å²) in [6, 6.07) is 9.99. The Hall–Kier alpha value is -3.16. The minimum atomic E-state index is -0.860. The number of aromatic amines is 1. The number of hydrogen-bond donors (Lipinski definition) is 1. The number of aromatic nitrogens is 6. The second kappa shape index (κ2) is 5.24. The third-order valence-electron chi connectivity index (χ3n) is 3.47. The molecule has 3 aromatic heterocycles. The van der Waals surface area contributed by atoms with Crippen LogP contribution < -0.4 is 0 Å². The summed E-state index contributed by atoms with van der Waals surface area (Å²) in [6.07, 6.45) is 0.757. The Morgan fingerprint density at radius 2 is 1.96 bits per heavy atom. The van der Waals surface area contributed by atoms with Crippen LogP contribution in [-0.4, -0.2) is 29.9 Å². The first-order chi connectivity index (χ1) is 11.2. The number of nitrogens with zero attached hydrogens (tertiary/aromatic N) is 5. The molecular formula is C15H10F2N6. The fourth-order valence-electron chi connectivity index (χ4n) is 2.43. The fourth-order valence-corrected chi connectivity index (χ4v) is 2.43. The lowest BCUT2D eigenvalue weighted by molar-refractivity contribution is 0.544. The average molecular weight is 312 g/mol. The van der Waals surface area contributed by atoms with E-state index in [1.54, 1.807) is 41.2 Å². The van der Waals surface area contributed by atoms with Crippen molar-refractivity contribution in [3.05, 3.63) is 60.1 Å². The van der Waals surface area contributed by atoms with Gasteiger partial charge in [0.1, 0.15) is 11.5 Å². The van der Waals surface area contributed by atoms with Gasteiger partial charge in [0.05, 0.1) is 11.9 Å². The first-order valence-corrected chi connectivity index (χ1v) is 6.85. The number of pyridine rings is 1. The van der Waals surface area contributed by atoms with E-state index in [-0.39, 0.29) is 18.2 Å². The van der Waals surface area contributed by atoms with Crippen LogP contribution in [0.15, 0.2) is 42.6 Å². The van der Waals surface area contributed by atoms with Gasteiger partial charge in [0, 0.05) is 11.8 Å². The van der Waals surface area contributed by atoms with E-state index in [1.807, 2.05) is 0 Å². The van der Waals surface area contributed by atoms with Crippen LogP contribution in [0, 0.1) is 11.9 Å². The van der Waals surface area contributed by atoms with Crippen molar-refractivity contribution >= 4 is 11.0 Å². The normalized spacial score (nSPS) is 11.2. The van der Waals surface area contributed by atoms with Crippen molar-refractivity contribution in [2.24, 2.45) is 0 Å². The van der Waals surface area contributed by atoms with Crippen molar-refractivity contribution < 1.29 is 8.78 Å². The minimum absolute atomic E-state index is 0.202. The summed E-state index contributed by atoms with van der Waals surface area (Å²) in [5.74, 6) is -0.118. The summed E-state index contributed by atoms with van der Waals surface area (Å²) >= 11 is 0. The smallest absolute Gasteiger partial charge is 0.255 e. The van der Waals surface area contributed by atoms with Crippen molar-refractivity contribution in [2.45, 2.75) is 6.54 Å². The molecule has 0 unspecified atom stereocenters. The maximum Gasteiger partial charge on any atom is 0.327 e. The van der Waals surface area contributed by atoms with E-state index in [0.29, 0.717) is 22.3 Å². The molecular weight excluding hydrogens is 302 g/mol. The predicted octanol–water partition coefficient (Wildman–Crippen LogP) is 2.54. The zero-order chi connectivity index (χ0) is 15.8. The number of rotatable bonds is 3. The van der Waals surface area contributed by atoms with Crippen LogP contribution in [0.1, 0.15) is 5.56 Å². The Balaban J connectivity index is 1.86. The van der Waals surface area contributed by atoms with Gasteiger partial charge in [-0.1, -0.05) is 18.2 Å². The molecule has 0 aliphatic heterocycles. The Labute approximate surface area is 128 Å². The molecule has 0 saturated carbocycles. The van der Waals surface area contributed by atoms with Crippen LogP contribution in [0.3, 0.4) is 0 Å². The molecule has 0 aliphatic rings. The van der Waals surface area contributed by atoms with Gasteiger partial charge in [-0.25, -0.2) is 14.1 Å². The Bertz CT molecular complexity index is 990. The highest BCUT2D eigenvalue weighted by Crippen LogP contribution is 2.24. The summed E-state index contributed by atoms with van der Waals surface area (Å²) in [6.45, 7) is 0.205. The molecule has 0 aliphatic carbocycles. The van der Waals surface area contributed by atoms with Gasteiger partial charge < -0.3 is 0 Å². The van der Waals surface area contributed by atoms with E-state index in [1.165, 1.54) is 6.07 Å². The molecule has 0 spiro atoms. The maximum atomic E-state index is 13.9. The molecule has 8 heteroatoms. The Morgan fingerprint density at radius 3 is 2.74 bits per heavy atom. The molecule has 114 valence electrons. The van der Waals surface area contributed by atoms with E-state index < -0.39 is 6.08 Å². The van der Waals surface area contributed by atoms with Gasteiger partial charge in [0.2, 0.25) is 0 Å². The summed E-state index contributed by atoms with van der Waals surface area (Å²) in [7, 11) is 0. The zero-order valence-corrected chi connectivity index (χ0v) is 11.7. The standard InChI is InChI=1S/C15H10F2N6/c16-11-6-2-1-4-9(11)8-23-14-10(5-3-7-18-14)12(22-23)13-19-15(17)21-20-13/h1-7H,8H2,(H,19,20,21). The van der Waals surface area contributed by atoms with Gasteiger partial charge in [-0.3, -0.25) is 5.10 Å². The summed E-state index contributed by atoms with van der Waals surface area (Å²) in [4.78, 5) is 7.94. The van der Waals surface area contributed by atoms with Crippen molar-refractivity contribution in [2.75, 3.05) is 0 Å². The zero-order valence-electron chi connectivity index (χ0n) is 11.7. The number of H-pyrrole nitrogens is 1. The number of benzene rings is 1. The number of hydrogen-bond acceptors (Lipinski definition) is 4. The van der Waals surface area contributed by atoms with E-state index in [9.17, 15) is 8.78 Å². The molecule has 0 amide bonds. The molecule has 0 saturated heterocycles. The van der Waals surface area contributed by atoms with Gasteiger partial charge in [-0.2, -0.15) is 14.5 Å². The highest BCUT2D eigenvalue weighted by Gasteiger charge is 2.17. The number of fused-ring (bicyclic) bond motifs is 1. The molecule has 4 rings (SSSR count). The van der Waals surface area contributed by atoms with Crippen molar-refractivity contribution in [3.8, 4) is 11.5 Å². The molecule has 0 bridgehead atoms. The van der Waals surface area contributed by atoms with E-state index >= 15 is 0 Å². The fraction of sp³-hybridized carbons (Fsp3) is 0.0667. The van der Waals surface area contributed by atoms with Crippen molar-refractivity contribution in [1.29, 1.82) is 0 Å². The summed E-state index contributed by atoms with van der Waals surface area (Å²) in [5, 5.41) is 10.9. The van der Waals surface area contributed by atoms with Crippen molar-refractivity contribution in [3.63, 3.8) is 0 Å². The molecule has 1 N–H and O–H groups in total. The van der Waals surface area contributed by atoms with Crippen LogP contribution >= 0.6 is 0 Å². The van der Waals surface area contributed by atoms with E-state index in [4.69, 9.17) is 0 Å². The Morgan fingerprint density at radius 1 is 1.09 bits per heavy atom. The second-order valence-corrected chi connectivity index (χ2v) is 4.93. The quantitative estimate of drug-likeness (QED) is 0.631. The van der Waals surface area contributed by atoms with Crippen LogP contribution in [0.2, 0.25) is 0 Å². The monoisotopic (exact) mass is 312 g/mol. The predicted molar refractivity (Wildman–Crippen MR) is 78.4 cm³/mol. The van der Waals surface area contributed by atoms with Gasteiger partial charge in [-0.05, 0) is 18.2 Å². The van der Waals surface area contributed by atoms with E-state index in [2.05, 4.69) is 25.3 Å². The lowest BCUT2D eigenvalue weighted by Gasteiger charge is -2.04. The number of halogens is 2. The van der Waals surface area contributed by atoms with Crippen molar-refractivity contribution in [1.82, 2.24) is 29.9 Å². The molecule has 4 aromatic rings. The third-order valence-corrected chi connectivity index (χ3v) is 3.47. The second-order valence-electron chi connectivity index (χ2n) is 4.93. The summed E-state index contributed by atoms with van der Waals surface area (Å²) < 4.78 is 28.5. The SMILES string of the molecule is Fc1n[nH]c(-c2nn(Cc3ccccc3F)c3ncccc23)n1. The van der Waals surface area contributed by atoms with Gasteiger partial charge >= 0.3 is 6.08 Å². The Kier molecular flexibility index (Phi) is 3.07. The molecule has 3 heterocycles. The van der Waals surface area contributed by atoms with Gasteiger partial charge in [-0.15, -0.1) is 5.10 Å². The minimum Gasteiger partial charge on any atom is -0.255 e. The third kappa shape index (κ3) is 2.33. The summed E-state index contributed by atoms with van der Waals surface area (Å²) in [5.41, 5.74) is 1.46. The largest absolute Gasteiger partial charge is 0.327 e. The number of nitrogens with one attached hydrogen (secondary N) is 1. The topological polar surface area (TPSA) is 72.3 Å². The van der Waals surface area contributed by atoms with E-state index in [0.717, 1.165) is 0 Å². The molecule has 0 fully saturated rings. The van der Waals surface area contributed by atoms with Crippen LogP contribution in [0.5, 0.6) is 0 Å².